The van der Waals surface area contributed by atoms with E-state index in [4.69, 9.17) is 10.2 Å². The highest BCUT2D eigenvalue weighted by Gasteiger charge is 2.36. The first-order chi connectivity index (χ1) is 7.84. The van der Waals surface area contributed by atoms with E-state index in [9.17, 15) is 24.9 Å². The Labute approximate surface area is 96.0 Å². The SMILES string of the molecule is NC(=O)OC(C=O)C(O)C(O)C(O)C(O)CO. The highest BCUT2D eigenvalue weighted by Crippen LogP contribution is 2.09. The maximum Gasteiger partial charge on any atom is 0.405 e. The molecule has 5 atom stereocenters. The third kappa shape index (κ3) is 4.63. The molecule has 100 valence electrons. The number of aliphatic hydroxyl groups excluding tert-OH is 5. The molecular formula is C8H15NO8. The number of carbonyl (C=O) groups excluding carboxylic acids is 2. The van der Waals surface area contributed by atoms with Crippen LogP contribution in [0.3, 0.4) is 0 Å². The normalized spacial score (nSPS) is 19.8. The predicted molar refractivity (Wildman–Crippen MR) is 51.6 cm³/mol. The highest BCUT2D eigenvalue weighted by atomic mass is 16.6. The molecule has 1 amide bonds. The molecule has 0 bridgehead atoms. The number of hydrogen-bond acceptors (Lipinski definition) is 8. The summed E-state index contributed by atoms with van der Waals surface area (Å²) in [7, 11) is 0. The fraction of sp³-hybridized carbons (Fsp3) is 0.750. The predicted octanol–water partition coefficient (Wildman–Crippen LogP) is -3.91. The maximum atomic E-state index is 10.5. The van der Waals surface area contributed by atoms with Gasteiger partial charge >= 0.3 is 6.09 Å². The molecule has 0 saturated heterocycles. The molecule has 0 aromatic rings. The number of aliphatic hydroxyl groups is 5. The van der Waals surface area contributed by atoms with Gasteiger partial charge in [0.05, 0.1) is 6.61 Å². The van der Waals surface area contributed by atoms with Gasteiger partial charge in [-0.25, -0.2) is 4.79 Å². The van der Waals surface area contributed by atoms with Crippen molar-refractivity contribution in [3.63, 3.8) is 0 Å². The second-order valence-corrected chi connectivity index (χ2v) is 3.26. The van der Waals surface area contributed by atoms with Gasteiger partial charge in [0.2, 0.25) is 0 Å². The van der Waals surface area contributed by atoms with Crippen molar-refractivity contribution in [2.24, 2.45) is 5.73 Å². The molecule has 0 aliphatic carbocycles. The molecule has 5 unspecified atom stereocenters. The minimum atomic E-state index is -2.01. The Morgan fingerprint density at radius 1 is 1.18 bits per heavy atom. The van der Waals surface area contributed by atoms with E-state index in [0.29, 0.717) is 0 Å². The van der Waals surface area contributed by atoms with Gasteiger partial charge in [0.15, 0.2) is 12.4 Å². The first kappa shape index (κ1) is 15.7. The van der Waals surface area contributed by atoms with Gasteiger partial charge in [-0.15, -0.1) is 0 Å². The fourth-order valence-corrected chi connectivity index (χ4v) is 1.04. The van der Waals surface area contributed by atoms with Crippen molar-refractivity contribution in [2.75, 3.05) is 6.61 Å². The summed E-state index contributed by atoms with van der Waals surface area (Å²) in [5.74, 6) is 0. The first-order valence-electron chi connectivity index (χ1n) is 4.59. The Balaban J connectivity index is 4.59. The molecule has 7 N–H and O–H groups in total. The third-order valence-electron chi connectivity index (χ3n) is 2.00. The summed E-state index contributed by atoms with van der Waals surface area (Å²) in [6.07, 6.45) is -10.8. The van der Waals surface area contributed by atoms with Crippen LogP contribution in [0.15, 0.2) is 0 Å². The molecular weight excluding hydrogens is 238 g/mol. The van der Waals surface area contributed by atoms with E-state index >= 15 is 0 Å². The molecule has 0 rings (SSSR count). The minimum Gasteiger partial charge on any atom is -0.436 e. The van der Waals surface area contributed by atoms with Crippen LogP contribution in [0.1, 0.15) is 0 Å². The zero-order valence-electron chi connectivity index (χ0n) is 8.71. The van der Waals surface area contributed by atoms with Gasteiger partial charge in [-0.05, 0) is 0 Å². The third-order valence-corrected chi connectivity index (χ3v) is 2.00. The number of rotatable bonds is 7. The van der Waals surface area contributed by atoms with Crippen molar-refractivity contribution >= 4 is 12.4 Å². The minimum absolute atomic E-state index is 0.00328. The van der Waals surface area contributed by atoms with Crippen LogP contribution in [0.2, 0.25) is 0 Å². The Bertz CT molecular complexity index is 260. The van der Waals surface area contributed by atoms with Crippen molar-refractivity contribution in [1.82, 2.24) is 0 Å². The largest absolute Gasteiger partial charge is 0.436 e. The number of primary amides is 1. The quantitative estimate of drug-likeness (QED) is 0.250. The van der Waals surface area contributed by atoms with E-state index in [1.54, 1.807) is 0 Å². The summed E-state index contributed by atoms with van der Waals surface area (Å²) in [6.45, 7) is -0.868. The molecule has 0 spiro atoms. The van der Waals surface area contributed by atoms with Gasteiger partial charge in [-0.3, -0.25) is 4.79 Å². The van der Waals surface area contributed by atoms with Crippen LogP contribution in [0.25, 0.3) is 0 Å². The van der Waals surface area contributed by atoms with Gasteiger partial charge in [-0.1, -0.05) is 0 Å². The standard InChI is InChI=1S/C8H15NO8/c9-8(16)17-4(2-11)6(14)7(15)5(13)3(12)1-10/h2-7,10,12-15H,1H2,(H2,9,16). The van der Waals surface area contributed by atoms with E-state index in [-0.39, 0.29) is 6.29 Å². The average molecular weight is 253 g/mol. The van der Waals surface area contributed by atoms with E-state index in [2.05, 4.69) is 10.5 Å². The number of amides is 1. The van der Waals surface area contributed by atoms with E-state index in [1.165, 1.54) is 0 Å². The molecule has 0 aromatic heterocycles. The molecule has 0 saturated carbocycles. The average Bonchev–Trinajstić information content (AvgIpc) is 2.31. The molecule has 9 nitrogen and oxygen atoms in total. The second-order valence-electron chi connectivity index (χ2n) is 3.26. The van der Waals surface area contributed by atoms with Crippen LogP contribution in [0.4, 0.5) is 4.79 Å². The molecule has 0 aromatic carbocycles. The Hall–Kier alpha value is -1.26. The first-order valence-corrected chi connectivity index (χ1v) is 4.59. The number of aldehydes is 1. The fourth-order valence-electron chi connectivity index (χ4n) is 1.04. The van der Waals surface area contributed by atoms with Crippen molar-refractivity contribution in [3.8, 4) is 0 Å². The molecule has 0 aliphatic heterocycles. The van der Waals surface area contributed by atoms with Crippen molar-refractivity contribution in [3.05, 3.63) is 0 Å². The van der Waals surface area contributed by atoms with Gasteiger partial charge in [0.1, 0.15) is 24.4 Å². The zero-order chi connectivity index (χ0) is 13.6. The topological polar surface area (TPSA) is 171 Å². The van der Waals surface area contributed by atoms with Crippen LogP contribution in [0.5, 0.6) is 0 Å². The maximum absolute atomic E-state index is 10.5. The second kappa shape index (κ2) is 7.14. The summed E-state index contributed by atoms with van der Waals surface area (Å²) in [5.41, 5.74) is 4.60. The lowest BCUT2D eigenvalue weighted by Crippen LogP contribution is -2.51. The summed E-state index contributed by atoms with van der Waals surface area (Å²) >= 11 is 0. The smallest absolute Gasteiger partial charge is 0.405 e. The summed E-state index contributed by atoms with van der Waals surface area (Å²) in [6, 6.07) is 0. The number of nitrogens with two attached hydrogens (primary N) is 1. The molecule has 0 fully saturated rings. The Kier molecular flexibility index (Phi) is 6.61. The monoisotopic (exact) mass is 253 g/mol. The van der Waals surface area contributed by atoms with E-state index < -0.39 is 43.2 Å². The number of ether oxygens (including phenoxy) is 1. The number of hydrogen-bond donors (Lipinski definition) is 6. The van der Waals surface area contributed by atoms with Crippen molar-refractivity contribution in [1.29, 1.82) is 0 Å². The van der Waals surface area contributed by atoms with Gasteiger partial charge in [0, 0.05) is 0 Å². The van der Waals surface area contributed by atoms with Crippen LogP contribution in [-0.4, -0.2) is 75.0 Å². The Morgan fingerprint density at radius 3 is 2.06 bits per heavy atom. The van der Waals surface area contributed by atoms with E-state index in [1.807, 2.05) is 0 Å². The molecule has 0 heterocycles. The summed E-state index contributed by atoms with van der Waals surface area (Å²) in [5, 5.41) is 45.4. The Morgan fingerprint density at radius 2 is 1.71 bits per heavy atom. The van der Waals surface area contributed by atoms with Crippen molar-refractivity contribution < 1.29 is 39.9 Å². The molecule has 0 aliphatic rings. The van der Waals surface area contributed by atoms with Crippen LogP contribution in [-0.2, 0) is 9.53 Å². The molecule has 9 heteroatoms. The van der Waals surface area contributed by atoms with Gasteiger partial charge < -0.3 is 36.0 Å². The van der Waals surface area contributed by atoms with Gasteiger partial charge in [-0.2, -0.15) is 0 Å². The highest BCUT2D eigenvalue weighted by molar-refractivity contribution is 5.69. The van der Waals surface area contributed by atoms with E-state index in [0.717, 1.165) is 0 Å². The van der Waals surface area contributed by atoms with Crippen molar-refractivity contribution in [2.45, 2.75) is 30.5 Å². The zero-order valence-corrected chi connectivity index (χ0v) is 8.71. The van der Waals surface area contributed by atoms with Crippen LogP contribution < -0.4 is 5.73 Å². The van der Waals surface area contributed by atoms with Gasteiger partial charge in [0.25, 0.3) is 0 Å². The van der Waals surface area contributed by atoms with Crippen LogP contribution >= 0.6 is 0 Å². The number of carbonyl (C=O) groups is 2. The lowest BCUT2D eigenvalue weighted by Gasteiger charge is -2.27. The lowest BCUT2D eigenvalue weighted by molar-refractivity contribution is -0.147. The molecule has 17 heavy (non-hydrogen) atoms. The summed E-state index contributed by atoms with van der Waals surface area (Å²) < 4.78 is 4.15. The molecule has 0 radical (unpaired) electrons. The lowest BCUT2D eigenvalue weighted by atomic mass is 10.00. The summed E-state index contributed by atoms with van der Waals surface area (Å²) in [4.78, 5) is 20.8. The van der Waals surface area contributed by atoms with Crippen LogP contribution in [0, 0.1) is 0 Å².